The molecule has 2 aromatic carbocycles. The first-order chi connectivity index (χ1) is 9.86. The van der Waals surface area contributed by atoms with Gasteiger partial charge in [-0.1, -0.05) is 42.5 Å². The van der Waals surface area contributed by atoms with E-state index in [1.165, 1.54) is 19.3 Å². The minimum absolute atomic E-state index is 0.117. The second-order valence-corrected chi connectivity index (χ2v) is 5.26. The predicted molar refractivity (Wildman–Crippen MR) is 82.4 cm³/mol. The van der Waals surface area contributed by atoms with Gasteiger partial charge in [-0.25, -0.2) is 0 Å². The van der Waals surface area contributed by atoms with Gasteiger partial charge in [0.2, 0.25) is 0 Å². The maximum absolute atomic E-state index is 12.7. The average molecular weight is 265 g/mol. The van der Waals surface area contributed by atoms with E-state index in [2.05, 4.69) is 11.0 Å². The molecule has 0 unspecified atom stereocenters. The Bertz CT molecular complexity index is 585. The van der Waals surface area contributed by atoms with E-state index < -0.39 is 0 Å². The van der Waals surface area contributed by atoms with E-state index in [4.69, 9.17) is 0 Å². The number of nitrogens with zero attached hydrogens (tertiary/aromatic N) is 1. The van der Waals surface area contributed by atoms with Crippen molar-refractivity contribution in [2.24, 2.45) is 0 Å². The van der Waals surface area contributed by atoms with Crippen LogP contribution in [0.1, 0.15) is 35.2 Å². The summed E-state index contributed by atoms with van der Waals surface area (Å²) in [6, 6.07) is 17.5. The molecule has 1 heterocycles. The molecule has 2 aromatic rings. The van der Waals surface area contributed by atoms with Crippen molar-refractivity contribution in [2.75, 3.05) is 18.0 Å². The van der Waals surface area contributed by atoms with Crippen LogP contribution in [0.4, 0.5) is 5.69 Å². The van der Waals surface area contributed by atoms with Crippen molar-refractivity contribution in [3.63, 3.8) is 0 Å². The Kier molecular flexibility index (Phi) is 3.82. The SMILES string of the molecule is O=C(c1ccccc1)c1ccccc1N1CCCCC1. The summed E-state index contributed by atoms with van der Waals surface area (Å²) in [6.07, 6.45) is 3.73. The van der Waals surface area contributed by atoms with Crippen LogP contribution in [-0.2, 0) is 0 Å². The third kappa shape index (κ3) is 2.60. The van der Waals surface area contributed by atoms with E-state index in [1.54, 1.807) is 0 Å². The zero-order chi connectivity index (χ0) is 13.8. The molecule has 102 valence electrons. The molecule has 0 atom stereocenters. The van der Waals surface area contributed by atoms with Crippen LogP contribution in [0, 0.1) is 0 Å². The second-order valence-electron chi connectivity index (χ2n) is 5.26. The van der Waals surface area contributed by atoms with Gasteiger partial charge in [0.15, 0.2) is 5.78 Å². The van der Waals surface area contributed by atoms with Crippen molar-refractivity contribution in [2.45, 2.75) is 19.3 Å². The van der Waals surface area contributed by atoms with Crippen molar-refractivity contribution in [3.05, 3.63) is 65.7 Å². The summed E-state index contributed by atoms with van der Waals surface area (Å²) in [5, 5.41) is 0. The maximum atomic E-state index is 12.7. The lowest BCUT2D eigenvalue weighted by atomic mass is 10.00. The standard InChI is InChI=1S/C18H19NO/c20-18(15-9-3-1-4-10-15)16-11-5-6-12-17(16)19-13-7-2-8-14-19/h1,3-6,9-12H,2,7-8,13-14H2. The molecular weight excluding hydrogens is 246 g/mol. The molecule has 0 radical (unpaired) electrons. The number of ketones is 1. The van der Waals surface area contributed by atoms with Gasteiger partial charge in [-0.2, -0.15) is 0 Å². The number of benzene rings is 2. The molecule has 1 saturated heterocycles. The summed E-state index contributed by atoms with van der Waals surface area (Å²) in [7, 11) is 0. The molecule has 0 spiro atoms. The van der Waals surface area contributed by atoms with Gasteiger partial charge in [-0.05, 0) is 31.4 Å². The number of anilines is 1. The van der Waals surface area contributed by atoms with E-state index in [0.717, 1.165) is 29.9 Å². The van der Waals surface area contributed by atoms with Crippen LogP contribution in [0.5, 0.6) is 0 Å². The normalized spacial score (nSPS) is 15.1. The Morgan fingerprint density at radius 2 is 1.45 bits per heavy atom. The van der Waals surface area contributed by atoms with Crippen LogP contribution < -0.4 is 4.90 Å². The summed E-state index contributed by atoms with van der Waals surface area (Å²) in [4.78, 5) is 15.0. The van der Waals surface area contributed by atoms with Gasteiger partial charge in [0.1, 0.15) is 0 Å². The average Bonchev–Trinajstić information content (AvgIpc) is 2.56. The van der Waals surface area contributed by atoms with Gasteiger partial charge in [-0.15, -0.1) is 0 Å². The highest BCUT2D eigenvalue weighted by molar-refractivity contribution is 6.12. The van der Waals surface area contributed by atoms with Crippen LogP contribution in [0.15, 0.2) is 54.6 Å². The highest BCUT2D eigenvalue weighted by Gasteiger charge is 2.18. The van der Waals surface area contributed by atoms with E-state index in [-0.39, 0.29) is 5.78 Å². The molecule has 2 nitrogen and oxygen atoms in total. The number of hydrogen-bond donors (Lipinski definition) is 0. The van der Waals surface area contributed by atoms with Gasteiger partial charge in [0.05, 0.1) is 0 Å². The second kappa shape index (κ2) is 5.91. The van der Waals surface area contributed by atoms with Crippen molar-refractivity contribution in [3.8, 4) is 0 Å². The molecule has 2 heteroatoms. The van der Waals surface area contributed by atoms with Crippen molar-refractivity contribution in [1.29, 1.82) is 0 Å². The number of carbonyl (C=O) groups excluding carboxylic acids is 1. The van der Waals surface area contributed by atoms with Crippen LogP contribution in [0.25, 0.3) is 0 Å². The highest BCUT2D eigenvalue weighted by atomic mass is 16.1. The molecule has 1 fully saturated rings. The first kappa shape index (κ1) is 12.9. The van der Waals surface area contributed by atoms with Gasteiger partial charge in [0.25, 0.3) is 0 Å². The van der Waals surface area contributed by atoms with Crippen molar-refractivity contribution in [1.82, 2.24) is 0 Å². The van der Waals surface area contributed by atoms with Crippen LogP contribution >= 0.6 is 0 Å². The smallest absolute Gasteiger partial charge is 0.195 e. The number of rotatable bonds is 3. The maximum Gasteiger partial charge on any atom is 0.195 e. The van der Waals surface area contributed by atoms with Crippen LogP contribution in [-0.4, -0.2) is 18.9 Å². The molecule has 3 rings (SSSR count). The Labute approximate surface area is 120 Å². The monoisotopic (exact) mass is 265 g/mol. The summed E-state index contributed by atoms with van der Waals surface area (Å²) < 4.78 is 0. The molecular formula is C18H19NO. The number of para-hydroxylation sites is 1. The Morgan fingerprint density at radius 3 is 2.20 bits per heavy atom. The fraction of sp³-hybridized carbons (Fsp3) is 0.278. The van der Waals surface area contributed by atoms with Gasteiger partial charge < -0.3 is 4.90 Å². The molecule has 1 aliphatic heterocycles. The van der Waals surface area contributed by atoms with Gasteiger partial charge >= 0.3 is 0 Å². The van der Waals surface area contributed by atoms with Crippen LogP contribution in [0.3, 0.4) is 0 Å². The molecule has 0 aromatic heterocycles. The number of hydrogen-bond acceptors (Lipinski definition) is 2. The molecule has 0 aliphatic carbocycles. The fourth-order valence-corrected chi connectivity index (χ4v) is 2.82. The van der Waals surface area contributed by atoms with Crippen LogP contribution in [0.2, 0.25) is 0 Å². The molecule has 0 saturated carbocycles. The summed E-state index contributed by atoms with van der Waals surface area (Å²) >= 11 is 0. The van der Waals surface area contributed by atoms with Crippen molar-refractivity contribution >= 4 is 11.5 Å². The first-order valence-electron chi connectivity index (χ1n) is 7.30. The van der Waals surface area contributed by atoms with E-state index in [0.29, 0.717) is 0 Å². The van der Waals surface area contributed by atoms with E-state index >= 15 is 0 Å². The molecule has 0 N–H and O–H groups in total. The fourth-order valence-electron chi connectivity index (χ4n) is 2.82. The summed E-state index contributed by atoms with van der Waals surface area (Å²) in [6.45, 7) is 2.11. The lowest BCUT2D eigenvalue weighted by Crippen LogP contribution is -2.30. The topological polar surface area (TPSA) is 20.3 Å². The highest BCUT2D eigenvalue weighted by Crippen LogP contribution is 2.26. The quantitative estimate of drug-likeness (QED) is 0.784. The lowest BCUT2D eigenvalue weighted by molar-refractivity contribution is 0.103. The molecule has 0 bridgehead atoms. The first-order valence-corrected chi connectivity index (χ1v) is 7.30. The number of piperidine rings is 1. The van der Waals surface area contributed by atoms with Gasteiger partial charge in [-0.3, -0.25) is 4.79 Å². The summed E-state index contributed by atoms with van der Waals surface area (Å²) in [5.41, 5.74) is 2.67. The molecule has 0 amide bonds. The largest absolute Gasteiger partial charge is 0.371 e. The van der Waals surface area contributed by atoms with Gasteiger partial charge in [0, 0.05) is 29.9 Å². The third-order valence-electron chi connectivity index (χ3n) is 3.88. The van der Waals surface area contributed by atoms with Crippen molar-refractivity contribution < 1.29 is 4.79 Å². The minimum Gasteiger partial charge on any atom is -0.371 e. The zero-order valence-electron chi connectivity index (χ0n) is 11.6. The predicted octanol–water partition coefficient (Wildman–Crippen LogP) is 3.91. The minimum atomic E-state index is 0.117. The molecule has 1 aliphatic rings. The lowest BCUT2D eigenvalue weighted by Gasteiger charge is -2.30. The summed E-state index contributed by atoms with van der Waals surface area (Å²) in [5.74, 6) is 0.117. The van der Waals surface area contributed by atoms with E-state index in [1.807, 2.05) is 48.5 Å². The Balaban J connectivity index is 1.95. The third-order valence-corrected chi connectivity index (χ3v) is 3.88. The number of carbonyl (C=O) groups is 1. The zero-order valence-corrected chi connectivity index (χ0v) is 11.6. The Morgan fingerprint density at radius 1 is 0.800 bits per heavy atom. The van der Waals surface area contributed by atoms with E-state index in [9.17, 15) is 4.79 Å². The Hall–Kier alpha value is -2.09. The molecule has 20 heavy (non-hydrogen) atoms.